The second kappa shape index (κ2) is 6.36. The average molecular weight is 212 g/mol. The van der Waals surface area contributed by atoms with Gasteiger partial charge in [-0.1, -0.05) is 6.08 Å². The number of nitrogens with zero attached hydrogens (tertiary/aromatic N) is 1. The Morgan fingerprint density at radius 3 is 2.47 bits per heavy atom. The van der Waals surface area contributed by atoms with Crippen molar-refractivity contribution in [1.82, 2.24) is 10.2 Å². The molecule has 0 spiro atoms. The number of urea groups is 1. The normalized spacial score (nSPS) is 9.67. The van der Waals surface area contributed by atoms with Gasteiger partial charge >= 0.3 is 12.0 Å². The van der Waals surface area contributed by atoms with E-state index in [9.17, 15) is 14.4 Å². The molecule has 0 rings (SSSR count). The number of rotatable bonds is 4. The summed E-state index contributed by atoms with van der Waals surface area (Å²) in [4.78, 5) is 33.4. The summed E-state index contributed by atoms with van der Waals surface area (Å²) < 4.78 is 0. The third kappa shape index (κ3) is 6.03. The summed E-state index contributed by atoms with van der Waals surface area (Å²) in [5, 5.41) is 10.2. The molecule has 3 amide bonds. The van der Waals surface area contributed by atoms with E-state index in [1.165, 1.54) is 18.0 Å². The van der Waals surface area contributed by atoms with Gasteiger partial charge < -0.3 is 10.0 Å². The lowest BCUT2D eigenvalue weighted by Gasteiger charge is -2.13. The first kappa shape index (κ1) is 12.9. The predicted molar refractivity (Wildman–Crippen MR) is 53.1 cm³/mol. The van der Waals surface area contributed by atoms with E-state index in [1.54, 1.807) is 0 Å². The molecule has 0 atom stereocenters. The number of amides is 3. The lowest BCUT2D eigenvalue weighted by Crippen LogP contribution is -2.40. The highest BCUT2D eigenvalue weighted by molar-refractivity contribution is 6.02. The Bertz CT molecular complexity index is 309. The van der Waals surface area contributed by atoms with Crippen LogP contribution >= 0.6 is 0 Å². The second-order valence-corrected chi connectivity index (χ2v) is 2.64. The first-order valence-electron chi connectivity index (χ1n) is 4.05. The maximum atomic E-state index is 11.2. The summed E-state index contributed by atoms with van der Waals surface area (Å²) in [7, 11) is 1.48. The molecule has 15 heavy (non-hydrogen) atoms. The van der Waals surface area contributed by atoms with Gasteiger partial charge in [0.05, 0.1) is 0 Å². The molecular weight excluding hydrogens is 200 g/mol. The predicted octanol–water partition coefficient (Wildman–Crippen LogP) is -0.0188. The molecule has 2 N–H and O–H groups in total. The molecule has 0 fully saturated rings. The summed E-state index contributed by atoms with van der Waals surface area (Å²) in [6, 6.07) is -0.616. The average Bonchev–Trinajstić information content (AvgIpc) is 2.15. The van der Waals surface area contributed by atoms with Crippen molar-refractivity contribution >= 4 is 17.9 Å². The zero-order chi connectivity index (χ0) is 11.8. The smallest absolute Gasteiger partial charge is 0.328 e. The Labute approximate surface area is 86.9 Å². The van der Waals surface area contributed by atoms with Crippen LogP contribution in [0.3, 0.4) is 0 Å². The van der Waals surface area contributed by atoms with Crippen LogP contribution < -0.4 is 5.32 Å². The van der Waals surface area contributed by atoms with E-state index in [-0.39, 0.29) is 0 Å². The lowest BCUT2D eigenvalue weighted by molar-refractivity contribution is -0.131. The number of hydrogen-bond acceptors (Lipinski definition) is 3. The molecule has 0 bridgehead atoms. The molecule has 0 radical (unpaired) electrons. The molecule has 0 aliphatic heterocycles. The van der Waals surface area contributed by atoms with E-state index in [0.29, 0.717) is 12.6 Å². The SMILES string of the molecule is C=CCN(C)C(=O)NC(=O)/C=C/C(=O)O. The Hall–Kier alpha value is -2.11. The molecule has 0 aliphatic carbocycles. The molecule has 6 heteroatoms. The van der Waals surface area contributed by atoms with E-state index in [0.717, 1.165) is 6.08 Å². The van der Waals surface area contributed by atoms with Crippen LogP contribution in [0.1, 0.15) is 0 Å². The number of nitrogens with one attached hydrogen (secondary N) is 1. The van der Waals surface area contributed by atoms with E-state index in [1.807, 2.05) is 5.32 Å². The summed E-state index contributed by atoms with van der Waals surface area (Å²) in [5.74, 6) is -2.03. The zero-order valence-electron chi connectivity index (χ0n) is 8.27. The number of carboxylic acid groups (broad SMARTS) is 1. The fourth-order valence-electron chi connectivity index (χ4n) is 0.666. The fourth-order valence-corrected chi connectivity index (χ4v) is 0.666. The highest BCUT2D eigenvalue weighted by Crippen LogP contribution is 1.85. The van der Waals surface area contributed by atoms with Crippen LogP contribution in [0.25, 0.3) is 0 Å². The van der Waals surface area contributed by atoms with Gasteiger partial charge in [-0.15, -0.1) is 6.58 Å². The van der Waals surface area contributed by atoms with Crippen molar-refractivity contribution in [3.05, 3.63) is 24.8 Å². The molecule has 0 saturated heterocycles. The molecule has 0 heterocycles. The largest absolute Gasteiger partial charge is 0.478 e. The minimum Gasteiger partial charge on any atom is -0.478 e. The molecule has 0 aromatic heterocycles. The quantitative estimate of drug-likeness (QED) is 0.506. The number of carbonyl (C=O) groups is 3. The zero-order valence-corrected chi connectivity index (χ0v) is 8.27. The number of likely N-dealkylation sites (N-methyl/N-ethyl adjacent to an activating group) is 1. The van der Waals surface area contributed by atoms with Crippen molar-refractivity contribution in [2.45, 2.75) is 0 Å². The number of aliphatic carboxylic acids is 1. The van der Waals surface area contributed by atoms with Crippen molar-refractivity contribution in [1.29, 1.82) is 0 Å². The maximum Gasteiger partial charge on any atom is 0.328 e. The summed E-state index contributed by atoms with van der Waals surface area (Å²) in [6.07, 6.45) is 2.91. The number of imide groups is 1. The Kier molecular flexibility index (Phi) is 5.47. The van der Waals surface area contributed by atoms with Crippen LogP contribution in [0.5, 0.6) is 0 Å². The van der Waals surface area contributed by atoms with Crippen molar-refractivity contribution in [2.75, 3.05) is 13.6 Å². The van der Waals surface area contributed by atoms with Crippen molar-refractivity contribution in [2.24, 2.45) is 0 Å². The summed E-state index contributed by atoms with van der Waals surface area (Å²) in [5.41, 5.74) is 0. The highest BCUT2D eigenvalue weighted by Gasteiger charge is 2.08. The molecule has 0 aromatic carbocycles. The molecule has 0 saturated carbocycles. The van der Waals surface area contributed by atoms with E-state index < -0.39 is 17.9 Å². The summed E-state index contributed by atoms with van der Waals surface area (Å²) >= 11 is 0. The third-order valence-electron chi connectivity index (χ3n) is 1.36. The van der Waals surface area contributed by atoms with Gasteiger partial charge in [0.25, 0.3) is 5.91 Å². The van der Waals surface area contributed by atoms with Crippen LogP contribution in [0.15, 0.2) is 24.8 Å². The van der Waals surface area contributed by atoms with Crippen LogP contribution in [-0.4, -0.2) is 41.5 Å². The minimum atomic E-state index is -1.25. The van der Waals surface area contributed by atoms with Crippen molar-refractivity contribution in [3.63, 3.8) is 0 Å². The van der Waals surface area contributed by atoms with Gasteiger partial charge in [-0.25, -0.2) is 9.59 Å². The Morgan fingerprint density at radius 2 is 2.00 bits per heavy atom. The minimum absolute atomic E-state index is 0.293. The van der Waals surface area contributed by atoms with E-state index >= 15 is 0 Å². The van der Waals surface area contributed by atoms with Crippen molar-refractivity contribution in [3.8, 4) is 0 Å². The molecule has 82 valence electrons. The standard InChI is InChI=1S/C9H12N2O4/c1-3-6-11(2)9(15)10-7(12)4-5-8(13)14/h3-5H,1,6H2,2H3,(H,13,14)(H,10,12,15)/b5-4+. The van der Waals surface area contributed by atoms with Gasteiger partial charge in [0.2, 0.25) is 0 Å². The summed E-state index contributed by atoms with van der Waals surface area (Å²) in [6.45, 7) is 3.72. The Morgan fingerprint density at radius 1 is 1.40 bits per heavy atom. The Balaban J connectivity index is 4.12. The van der Waals surface area contributed by atoms with Gasteiger partial charge in [-0.2, -0.15) is 0 Å². The first-order chi connectivity index (χ1) is 6.97. The number of carboxylic acids is 1. The number of hydrogen-bond donors (Lipinski definition) is 2. The van der Waals surface area contributed by atoms with Gasteiger partial charge in [-0.3, -0.25) is 10.1 Å². The molecule has 6 nitrogen and oxygen atoms in total. The molecule has 0 unspecified atom stereocenters. The van der Waals surface area contributed by atoms with Crippen LogP contribution in [-0.2, 0) is 9.59 Å². The lowest BCUT2D eigenvalue weighted by atomic mass is 10.4. The number of carbonyl (C=O) groups excluding carboxylic acids is 2. The third-order valence-corrected chi connectivity index (χ3v) is 1.36. The van der Waals surface area contributed by atoms with Gasteiger partial charge in [-0.05, 0) is 0 Å². The molecular formula is C9H12N2O4. The van der Waals surface area contributed by atoms with Gasteiger partial charge in [0.15, 0.2) is 0 Å². The van der Waals surface area contributed by atoms with E-state index in [4.69, 9.17) is 5.11 Å². The van der Waals surface area contributed by atoms with Gasteiger partial charge in [0, 0.05) is 25.7 Å². The van der Waals surface area contributed by atoms with Crippen LogP contribution in [0.4, 0.5) is 4.79 Å². The van der Waals surface area contributed by atoms with Crippen LogP contribution in [0.2, 0.25) is 0 Å². The molecule has 0 aromatic rings. The second-order valence-electron chi connectivity index (χ2n) is 2.64. The molecule has 0 aliphatic rings. The van der Waals surface area contributed by atoms with E-state index in [2.05, 4.69) is 6.58 Å². The fraction of sp³-hybridized carbons (Fsp3) is 0.222. The van der Waals surface area contributed by atoms with Crippen molar-refractivity contribution < 1.29 is 19.5 Å². The topological polar surface area (TPSA) is 86.7 Å². The van der Waals surface area contributed by atoms with Crippen LogP contribution in [0, 0.1) is 0 Å². The monoisotopic (exact) mass is 212 g/mol. The maximum absolute atomic E-state index is 11.2. The highest BCUT2D eigenvalue weighted by atomic mass is 16.4. The van der Waals surface area contributed by atoms with Gasteiger partial charge in [0.1, 0.15) is 0 Å². The first-order valence-corrected chi connectivity index (χ1v) is 4.05.